The average molecular weight is 471 g/mol. The minimum Gasteiger partial charge on any atom is -0.490 e. The molecule has 3 aromatic carbocycles. The van der Waals surface area contributed by atoms with E-state index in [1.54, 1.807) is 0 Å². The van der Waals surface area contributed by atoms with E-state index in [-0.39, 0.29) is 11.9 Å². The van der Waals surface area contributed by atoms with Crippen LogP contribution in [-0.4, -0.2) is 62.0 Å². The smallest absolute Gasteiger partial charge is 0.162 e. The van der Waals surface area contributed by atoms with Crippen molar-refractivity contribution in [1.82, 2.24) is 9.80 Å². The first-order chi connectivity index (χ1) is 17.1. The van der Waals surface area contributed by atoms with E-state index in [9.17, 15) is 4.79 Å². The van der Waals surface area contributed by atoms with E-state index >= 15 is 0 Å². The van der Waals surface area contributed by atoms with Gasteiger partial charge in [-0.05, 0) is 75.3 Å². The van der Waals surface area contributed by atoms with Gasteiger partial charge in [0.05, 0.1) is 0 Å². The minimum atomic E-state index is 0.207. The lowest BCUT2D eigenvalue weighted by Gasteiger charge is -2.34. The maximum absolute atomic E-state index is 12.4. The fourth-order valence-electron chi connectivity index (χ4n) is 4.85. The van der Waals surface area contributed by atoms with Gasteiger partial charge < -0.3 is 14.5 Å². The molecule has 0 amide bonds. The highest BCUT2D eigenvalue weighted by Gasteiger charge is 2.24. The van der Waals surface area contributed by atoms with Crippen LogP contribution in [0.3, 0.4) is 0 Å². The third-order valence-electron chi connectivity index (χ3n) is 6.87. The highest BCUT2D eigenvalue weighted by Crippen LogP contribution is 2.28. The lowest BCUT2D eigenvalue weighted by molar-refractivity contribution is 0.0974. The number of hydrogen-bond acceptors (Lipinski definition) is 4. The van der Waals surface area contributed by atoms with E-state index in [0.717, 1.165) is 56.8 Å². The van der Waals surface area contributed by atoms with Crippen LogP contribution in [0.15, 0.2) is 84.9 Å². The molecule has 1 aliphatic heterocycles. The Morgan fingerprint density at radius 3 is 2.00 bits per heavy atom. The molecule has 3 aromatic rings. The molecule has 4 heteroatoms. The first-order valence-corrected chi connectivity index (χ1v) is 12.9. The quantitative estimate of drug-likeness (QED) is 0.327. The van der Waals surface area contributed by atoms with Gasteiger partial charge in [0.1, 0.15) is 11.9 Å². The zero-order chi connectivity index (χ0) is 24.5. The van der Waals surface area contributed by atoms with Crippen LogP contribution in [0.4, 0.5) is 0 Å². The number of carbonyl (C=O) groups excluding carboxylic acids is 1. The molecule has 0 radical (unpaired) electrons. The van der Waals surface area contributed by atoms with Crippen molar-refractivity contribution in [3.05, 3.63) is 102 Å². The Morgan fingerprint density at radius 2 is 1.46 bits per heavy atom. The fraction of sp³-hybridized carbons (Fsp3) is 0.387. The molecule has 4 rings (SSSR count). The summed E-state index contributed by atoms with van der Waals surface area (Å²) in [6.07, 6.45) is 3.73. The van der Waals surface area contributed by atoms with Crippen LogP contribution in [-0.2, 0) is 0 Å². The van der Waals surface area contributed by atoms with Crippen LogP contribution >= 0.6 is 0 Å². The SMILES string of the molecule is CN(C)CCCC(=O)c1ccc(OC2CCN(CC(c3ccccc3)c3ccccc3)CC2)cc1. The molecule has 0 spiro atoms. The second kappa shape index (κ2) is 12.7. The van der Waals surface area contributed by atoms with E-state index in [0.29, 0.717) is 12.3 Å². The number of likely N-dealkylation sites (tertiary alicyclic amines) is 1. The van der Waals surface area contributed by atoms with Crippen molar-refractivity contribution in [1.29, 1.82) is 0 Å². The molecule has 1 aliphatic rings. The summed E-state index contributed by atoms with van der Waals surface area (Å²) in [6.45, 7) is 4.01. The van der Waals surface area contributed by atoms with Crippen molar-refractivity contribution in [2.75, 3.05) is 40.3 Å². The molecule has 1 saturated heterocycles. The Labute approximate surface area is 210 Å². The first-order valence-electron chi connectivity index (χ1n) is 12.9. The summed E-state index contributed by atoms with van der Waals surface area (Å²) in [5.74, 6) is 1.44. The van der Waals surface area contributed by atoms with Gasteiger partial charge in [0, 0.05) is 37.5 Å². The van der Waals surface area contributed by atoms with E-state index in [1.165, 1.54) is 11.1 Å². The Hall–Kier alpha value is -2.95. The van der Waals surface area contributed by atoms with Gasteiger partial charge in [0.15, 0.2) is 5.78 Å². The van der Waals surface area contributed by atoms with Crippen molar-refractivity contribution < 1.29 is 9.53 Å². The molecule has 0 aromatic heterocycles. The topological polar surface area (TPSA) is 32.8 Å². The summed E-state index contributed by atoms with van der Waals surface area (Å²) < 4.78 is 6.28. The molecule has 0 bridgehead atoms. The molecule has 0 saturated carbocycles. The van der Waals surface area contributed by atoms with Gasteiger partial charge in [-0.15, -0.1) is 0 Å². The van der Waals surface area contributed by atoms with Crippen LogP contribution in [0.25, 0.3) is 0 Å². The fourth-order valence-corrected chi connectivity index (χ4v) is 4.85. The van der Waals surface area contributed by atoms with Crippen molar-refractivity contribution in [2.24, 2.45) is 0 Å². The second-order valence-corrected chi connectivity index (χ2v) is 9.85. The maximum Gasteiger partial charge on any atom is 0.162 e. The highest BCUT2D eigenvalue weighted by molar-refractivity contribution is 5.96. The predicted octanol–water partition coefficient (Wildman–Crippen LogP) is 5.89. The number of Topliss-reactive ketones (excluding diaryl/α,β-unsaturated/α-hetero) is 1. The van der Waals surface area contributed by atoms with Gasteiger partial charge in [-0.1, -0.05) is 60.7 Å². The third kappa shape index (κ3) is 7.51. The summed E-state index contributed by atoms with van der Waals surface area (Å²) in [5, 5.41) is 0. The molecule has 35 heavy (non-hydrogen) atoms. The molecular weight excluding hydrogens is 432 g/mol. The third-order valence-corrected chi connectivity index (χ3v) is 6.87. The number of nitrogens with zero attached hydrogens (tertiary/aromatic N) is 2. The van der Waals surface area contributed by atoms with Crippen molar-refractivity contribution >= 4 is 5.78 Å². The summed E-state index contributed by atoms with van der Waals surface area (Å²) in [7, 11) is 4.07. The van der Waals surface area contributed by atoms with Gasteiger partial charge in [0.2, 0.25) is 0 Å². The number of carbonyl (C=O) groups is 1. The first kappa shape index (κ1) is 25.2. The standard InChI is InChI=1S/C31H38N2O2/c1-32(2)21-9-14-31(34)27-15-17-28(18-16-27)35-29-19-22-33(23-20-29)24-30(25-10-5-3-6-11-25)26-12-7-4-8-13-26/h3-8,10-13,15-18,29-30H,9,14,19-24H2,1-2H3. The molecular formula is C31H38N2O2. The van der Waals surface area contributed by atoms with Crippen LogP contribution < -0.4 is 4.74 Å². The number of rotatable bonds is 11. The lowest BCUT2D eigenvalue weighted by atomic mass is 9.90. The van der Waals surface area contributed by atoms with Crippen LogP contribution in [0.1, 0.15) is 53.1 Å². The van der Waals surface area contributed by atoms with E-state index in [2.05, 4.69) is 70.5 Å². The molecule has 184 valence electrons. The Balaban J connectivity index is 1.28. The van der Waals surface area contributed by atoms with Crippen LogP contribution in [0.2, 0.25) is 0 Å². The normalized spacial score (nSPS) is 15.0. The molecule has 0 atom stereocenters. The van der Waals surface area contributed by atoms with Crippen molar-refractivity contribution in [3.8, 4) is 5.75 Å². The molecule has 0 N–H and O–H groups in total. The van der Waals surface area contributed by atoms with Crippen LogP contribution in [0, 0.1) is 0 Å². The number of ketones is 1. The van der Waals surface area contributed by atoms with Gasteiger partial charge in [-0.3, -0.25) is 4.79 Å². The largest absolute Gasteiger partial charge is 0.490 e. The zero-order valence-electron chi connectivity index (χ0n) is 21.1. The molecule has 4 nitrogen and oxygen atoms in total. The summed E-state index contributed by atoms with van der Waals surface area (Å²) >= 11 is 0. The number of ether oxygens (including phenoxy) is 1. The van der Waals surface area contributed by atoms with Gasteiger partial charge >= 0.3 is 0 Å². The Bertz CT molecular complexity index is 987. The predicted molar refractivity (Wildman–Crippen MR) is 143 cm³/mol. The number of piperidine rings is 1. The summed E-state index contributed by atoms with van der Waals surface area (Å²) in [5.41, 5.74) is 3.51. The number of hydrogen-bond donors (Lipinski definition) is 0. The molecule has 1 heterocycles. The van der Waals surface area contributed by atoms with Gasteiger partial charge in [-0.2, -0.15) is 0 Å². The second-order valence-electron chi connectivity index (χ2n) is 9.85. The van der Waals surface area contributed by atoms with Gasteiger partial charge in [0.25, 0.3) is 0 Å². The minimum absolute atomic E-state index is 0.207. The zero-order valence-corrected chi connectivity index (χ0v) is 21.1. The molecule has 1 fully saturated rings. The molecule has 0 aliphatic carbocycles. The lowest BCUT2D eigenvalue weighted by Crippen LogP contribution is -2.40. The highest BCUT2D eigenvalue weighted by atomic mass is 16.5. The van der Waals surface area contributed by atoms with Gasteiger partial charge in [-0.25, -0.2) is 0 Å². The van der Waals surface area contributed by atoms with E-state index in [1.807, 2.05) is 38.4 Å². The Kier molecular flexibility index (Phi) is 9.10. The van der Waals surface area contributed by atoms with E-state index < -0.39 is 0 Å². The average Bonchev–Trinajstić information content (AvgIpc) is 2.89. The van der Waals surface area contributed by atoms with E-state index in [4.69, 9.17) is 4.74 Å². The number of benzene rings is 3. The van der Waals surface area contributed by atoms with Crippen LogP contribution in [0.5, 0.6) is 5.75 Å². The van der Waals surface area contributed by atoms with Crippen molar-refractivity contribution in [3.63, 3.8) is 0 Å². The summed E-state index contributed by atoms with van der Waals surface area (Å²) in [4.78, 5) is 17.1. The maximum atomic E-state index is 12.4. The van der Waals surface area contributed by atoms with Crippen molar-refractivity contribution in [2.45, 2.75) is 37.7 Å². The monoisotopic (exact) mass is 470 g/mol. The Morgan fingerprint density at radius 1 is 0.886 bits per heavy atom. The molecule has 0 unspecified atom stereocenters. The summed E-state index contributed by atoms with van der Waals surface area (Å²) in [6, 6.07) is 29.4.